The van der Waals surface area contributed by atoms with Crippen LogP contribution in [-0.2, 0) is 21.5 Å². The van der Waals surface area contributed by atoms with E-state index < -0.39 is 0 Å². The van der Waals surface area contributed by atoms with Gasteiger partial charge in [-0.1, -0.05) is 42.5 Å². The van der Waals surface area contributed by atoms with Crippen molar-refractivity contribution in [3.05, 3.63) is 70.8 Å². The van der Waals surface area contributed by atoms with Gasteiger partial charge in [-0.05, 0) is 61.9 Å². The summed E-state index contributed by atoms with van der Waals surface area (Å²) >= 11 is 1.53. The zero-order valence-corrected chi connectivity index (χ0v) is 19.9. The van der Waals surface area contributed by atoms with Crippen molar-refractivity contribution in [1.82, 2.24) is 10.2 Å². The van der Waals surface area contributed by atoms with Crippen LogP contribution >= 0.6 is 11.8 Å². The quantitative estimate of drug-likeness (QED) is 0.644. The number of rotatable bonds is 7. The fourth-order valence-corrected chi connectivity index (χ4v) is 5.87. The maximum absolute atomic E-state index is 12.5. The van der Waals surface area contributed by atoms with Crippen LogP contribution in [0.2, 0.25) is 0 Å². The molecule has 1 heterocycles. The molecular formula is C26H32N2O3S. The minimum Gasteiger partial charge on any atom is -0.378 e. The van der Waals surface area contributed by atoms with Gasteiger partial charge >= 0.3 is 0 Å². The number of ether oxygens (including phenoxy) is 1. The Labute approximate surface area is 194 Å². The number of ketones is 1. The van der Waals surface area contributed by atoms with Crippen LogP contribution in [0.5, 0.6) is 0 Å². The van der Waals surface area contributed by atoms with Gasteiger partial charge in [-0.2, -0.15) is 11.8 Å². The molecule has 0 unspecified atom stereocenters. The second kappa shape index (κ2) is 9.77. The van der Waals surface area contributed by atoms with Crippen molar-refractivity contribution >= 4 is 23.5 Å². The molecule has 170 valence electrons. The van der Waals surface area contributed by atoms with Crippen molar-refractivity contribution in [3.8, 4) is 0 Å². The molecule has 1 N–H and O–H groups in total. The van der Waals surface area contributed by atoms with E-state index in [-0.39, 0.29) is 29.3 Å². The lowest BCUT2D eigenvalue weighted by atomic mass is 9.72. The molecule has 2 aliphatic rings. The predicted molar refractivity (Wildman–Crippen MR) is 129 cm³/mol. The lowest BCUT2D eigenvalue weighted by molar-refractivity contribution is -0.121. The van der Waals surface area contributed by atoms with E-state index in [1.807, 2.05) is 24.5 Å². The number of Topliss-reactive ketones (excluding diaryl/α,β-unsaturated/α-hetero) is 1. The molecule has 1 fully saturated rings. The lowest BCUT2D eigenvalue weighted by Crippen LogP contribution is -2.50. The third-order valence-electron chi connectivity index (χ3n) is 7.01. The highest BCUT2D eigenvalue weighted by Gasteiger charge is 2.53. The predicted octanol–water partition coefficient (Wildman–Crippen LogP) is 3.97. The molecule has 1 saturated heterocycles. The number of thioether (sulfide) groups is 1. The van der Waals surface area contributed by atoms with E-state index in [0.29, 0.717) is 5.75 Å². The molecule has 6 heteroatoms. The third-order valence-corrected chi connectivity index (χ3v) is 7.56. The van der Waals surface area contributed by atoms with Crippen molar-refractivity contribution in [3.63, 3.8) is 0 Å². The maximum Gasteiger partial charge on any atom is 0.230 e. The molecule has 0 saturated carbocycles. The second-order valence-corrected chi connectivity index (χ2v) is 9.78. The standard InChI is InChI=1S/C26H32N2O3S/c1-18(29)20-8-6-7-19(15-20)16-28-13-11-26(12-14-28)22-10-5-4-9-21(22)24(25(26)31-2)27-23(30)17-32-3/h4-10,15,24-25H,11-14,16-17H2,1-3H3,(H,27,30)/t24-,25+/m1/s1. The monoisotopic (exact) mass is 452 g/mol. The Morgan fingerprint density at radius 3 is 2.59 bits per heavy atom. The van der Waals surface area contributed by atoms with E-state index in [4.69, 9.17) is 4.74 Å². The van der Waals surface area contributed by atoms with Crippen LogP contribution in [0, 0.1) is 0 Å². The number of benzene rings is 2. The van der Waals surface area contributed by atoms with Crippen LogP contribution in [0.1, 0.15) is 52.9 Å². The van der Waals surface area contributed by atoms with Gasteiger partial charge < -0.3 is 10.1 Å². The minimum absolute atomic E-state index is 0.0548. The summed E-state index contributed by atoms with van der Waals surface area (Å²) < 4.78 is 6.10. The molecule has 2 atom stereocenters. The molecule has 0 bridgehead atoms. The van der Waals surface area contributed by atoms with E-state index in [9.17, 15) is 9.59 Å². The molecular weight excluding hydrogens is 420 g/mol. The van der Waals surface area contributed by atoms with E-state index in [1.54, 1.807) is 14.0 Å². The Bertz CT molecular complexity index is 985. The molecule has 1 aliphatic carbocycles. The summed E-state index contributed by atoms with van der Waals surface area (Å²) in [6.45, 7) is 4.35. The SMILES string of the molecule is CO[C@H]1[C@H](NC(=O)CSC)c2ccccc2C12CCN(Cc1cccc(C(C)=O)c1)CC2. The van der Waals surface area contributed by atoms with Crippen molar-refractivity contribution < 1.29 is 14.3 Å². The fraction of sp³-hybridized carbons (Fsp3) is 0.462. The summed E-state index contributed by atoms with van der Waals surface area (Å²) in [5, 5.41) is 3.25. The summed E-state index contributed by atoms with van der Waals surface area (Å²) in [5.74, 6) is 0.610. The van der Waals surface area contributed by atoms with Gasteiger partial charge in [-0.3, -0.25) is 14.5 Å². The number of hydrogen-bond acceptors (Lipinski definition) is 5. The van der Waals surface area contributed by atoms with Crippen LogP contribution in [0.25, 0.3) is 0 Å². The van der Waals surface area contributed by atoms with Crippen LogP contribution in [0.15, 0.2) is 48.5 Å². The highest BCUT2D eigenvalue weighted by Crippen LogP contribution is 2.52. The summed E-state index contributed by atoms with van der Waals surface area (Å²) in [6.07, 6.45) is 3.82. The molecule has 32 heavy (non-hydrogen) atoms. The zero-order chi connectivity index (χ0) is 22.7. The highest BCUT2D eigenvalue weighted by molar-refractivity contribution is 7.99. The zero-order valence-electron chi connectivity index (χ0n) is 19.1. The molecule has 0 aromatic heterocycles. The summed E-state index contributed by atoms with van der Waals surface area (Å²) in [4.78, 5) is 26.6. The molecule has 4 rings (SSSR count). The number of nitrogens with zero attached hydrogens (tertiary/aromatic N) is 1. The van der Waals surface area contributed by atoms with Gasteiger partial charge in [0.2, 0.25) is 5.91 Å². The summed E-state index contributed by atoms with van der Waals surface area (Å²) in [6, 6.07) is 16.3. The van der Waals surface area contributed by atoms with Gasteiger partial charge in [0.25, 0.3) is 0 Å². The fourth-order valence-electron chi connectivity index (χ4n) is 5.53. The van der Waals surface area contributed by atoms with E-state index >= 15 is 0 Å². The Kier molecular flexibility index (Phi) is 7.03. The third kappa shape index (κ3) is 4.36. The first-order valence-corrected chi connectivity index (χ1v) is 12.6. The smallest absolute Gasteiger partial charge is 0.230 e. The number of nitrogens with one attached hydrogen (secondary N) is 1. The van der Waals surface area contributed by atoms with Crippen LogP contribution in [0.3, 0.4) is 0 Å². The maximum atomic E-state index is 12.5. The van der Waals surface area contributed by atoms with Crippen molar-refractivity contribution in [2.75, 3.05) is 32.2 Å². The Hall–Kier alpha value is -2.15. The van der Waals surface area contributed by atoms with Gasteiger partial charge in [0.05, 0.1) is 17.9 Å². The Balaban J connectivity index is 1.53. The molecule has 2 aromatic carbocycles. The number of likely N-dealkylation sites (tertiary alicyclic amines) is 1. The summed E-state index contributed by atoms with van der Waals surface area (Å²) in [5.41, 5.74) is 4.35. The van der Waals surface area contributed by atoms with E-state index in [1.165, 1.54) is 28.5 Å². The molecule has 1 spiro atoms. The Morgan fingerprint density at radius 1 is 1.16 bits per heavy atom. The molecule has 0 radical (unpaired) electrons. The van der Waals surface area contributed by atoms with Gasteiger partial charge in [0.1, 0.15) is 0 Å². The van der Waals surface area contributed by atoms with Crippen molar-refractivity contribution in [1.29, 1.82) is 0 Å². The van der Waals surface area contributed by atoms with Gasteiger partial charge in [-0.15, -0.1) is 0 Å². The second-order valence-electron chi connectivity index (χ2n) is 8.91. The van der Waals surface area contributed by atoms with Crippen molar-refractivity contribution in [2.24, 2.45) is 0 Å². The van der Waals surface area contributed by atoms with Crippen LogP contribution in [0.4, 0.5) is 0 Å². The van der Waals surface area contributed by atoms with E-state index in [0.717, 1.165) is 38.0 Å². The normalized spacial score (nSPS) is 22.0. The minimum atomic E-state index is -0.116. The molecule has 2 aromatic rings. The van der Waals surface area contributed by atoms with Gasteiger partial charge in [0.15, 0.2) is 5.78 Å². The van der Waals surface area contributed by atoms with Gasteiger partial charge in [0, 0.05) is 24.6 Å². The molecule has 1 aliphatic heterocycles. The largest absolute Gasteiger partial charge is 0.378 e. The number of amides is 1. The Morgan fingerprint density at radius 2 is 1.91 bits per heavy atom. The topological polar surface area (TPSA) is 58.6 Å². The molecule has 5 nitrogen and oxygen atoms in total. The number of carbonyl (C=O) groups excluding carboxylic acids is 2. The number of carbonyl (C=O) groups is 2. The van der Waals surface area contributed by atoms with E-state index in [2.05, 4.69) is 40.5 Å². The average molecular weight is 453 g/mol. The number of piperidine rings is 1. The number of methoxy groups -OCH3 is 1. The number of hydrogen-bond donors (Lipinski definition) is 1. The molecule has 1 amide bonds. The van der Waals surface area contributed by atoms with Gasteiger partial charge in [-0.25, -0.2) is 0 Å². The first-order chi connectivity index (χ1) is 15.5. The first kappa shape index (κ1) is 23.0. The van der Waals surface area contributed by atoms with Crippen LogP contribution < -0.4 is 5.32 Å². The van der Waals surface area contributed by atoms with Crippen molar-refractivity contribution in [2.45, 2.75) is 43.9 Å². The first-order valence-electron chi connectivity index (χ1n) is 11.2. The average Bonchev–Trinajstić information content (AvgIpc) is 3.04. The summed E-state index contributed by atoms with van der Waals surface area (Å²) in [7, 11) is 1.77. The lowest BCUT2D eigenvalue weighted by Gasteiger charge is -2.44. The van der Waals surface area contributed by atoms with Crippen LogP contribution in [-0.4, -0.2) is 54.9 Å². The highest BCUT2D eigenvalue weighted by atomic mass is 32.2. The number of fused-ring (bicyclic) bond motifs is 2.